The maximum Gasteiger partial charge on any atom is 0.237 e. The van der Waals surface area contributed by atoms with Crippen molar-refractivity contribution in [3.05, 3.63) is 0 Å². The molecule has 1 aliphatic heterocycles. The molecule has 4 heteroatoms. The van der Waals surface area contributed by atoms with Gasteiger partial charge in [0, 0.05) is 12.6 Å². The number of hydrogen-bond donors (Lipinski definition) is 2. The lowest BCUT2D eigenvalue weighted by Crippen LogP contribution is -2.49. The van der Waals surface area contributed by atoms with Crippen LogP contribution in [0.2, 0.25) is 0 Å². The van der Waals surface area contributed by atoms with Gasteiger partial charge >= 0.3 is 0 Å². The van der Waals surface area contributed by atoms with Gasteiger partial charge in [-0.05, 0) is 51.5 Å². The molecule has 2 fully saturated rings. The number of carbonyl (C=O) groups excluding carboxylic acids is 1. The van der Waals surface area contributed by atoms with Crippen molar-refractivity contribution in [3.8, 4) is 0 Å². The Balaban J connectivity index is 1.71. The van der Waals surface area contributed by atoms with Crippen molar-refractivity contribution in [3.63, 3.8) is 0 Å². The number of nitrogens with zero attached hydrogens (tertiary/aromatic N) is 1. The molecule has 1 saturated heterocycles. The smallest absolute Gasteiger partial charge is 0.237 e. The summed E-state index contributed by atoms with van der Waals surface area (Å²) in [6.07, 6.45) is 5.82. The van der Waals surface area contributed by atoms with Crippen LogP contribution in [-0.2, 0) is 4.79 Å². The second-order valence-corrected chi connectivity index (χ2v) is 5.71. The second-order valence-electron chi connectivity index (χ2n) is 5.71. The van der Waals surface area contributed by atoms with Gasteiger partial charge in [0.05, 0.1) is 5.54 Å². The number of hydrogen-bond acceptors (Lipinski definition) is 3. The number of fused-ring (bicyclic) bond motifs is 2. The molecule has 2 aliphatic rings. The molecule has 1 heterocycles. The molecule has 2 rings (SSSR count). The van der Waals surface area contributed by atoms with Gasteiger partial charge in [-0.1, -0.05) is 0 Å². The van der Waals surface area contributed by atoms with Gasteiger partial charge in [-0.2, -0.15) is 0 Å². The van der Waals surface area contributed by atoms with Crippen LogP contribution >= 0.6 is 0 Å². The van der Waals surface area contributed by atoms with Crippen molar-refractivity contribution in [1.82, 2.24) is 4.90 Å². The van der Waals surface area contributed by atoms with Crippen molar-refractivity contribution in [2.24, 2.45) is 17.4 Å². The predicted octanol–water partition coefficient (Wildman–Crippen LogP) is 0.454. The maximum absolute atomic E-state index is 11.1. The van der Waals surface area contributed by atoms with Crippen molar-refractivity contribution < 1.29 is 4.79 Å². The number of amides is 1. The molecular formula is C12H23N3O. The highest BCUT2D eigenvalue weighted by molar-refractivity contribution is 5.83. The minimum atomic E-state index is -0.835. The second kappa shape index (κ2) is 4.34. The lowest BCUT2D eigenvalue weighted by molar-refractivity contribution is -0.122. The highest BCUT2D eigenvalue weighted by Crippen LogP contribution is 2.37. The van der Waals surface area contributed by atoms with E-state index in [1.165, 1.54) is 25.8 Å². The van der Waals surface area contributed by atoms with E-state index in [-0.39, 0.29) is 0 Å². The summed E-state index contributed by atoms with van der Waals surface area (Å²) in [7, 11) is 0. The minimum absolute atomic E-state index is 0.393. The minimum Gasteiger partial charge on any atom is -0.368 e. The van der Waals surface area contributed by atoms with Gasteiger partial charge in [-0.25, -0.2) is 0 Å². The zero-order valence-electron chi connectivity index (χ0n) is 10.1. The van der Waals surface area contributed by atoms with Crippen molar-refractivity contribution >= 4 is 5.91 Å². The lowest BCUT2D eigenvalue weighted by atomic mass is 9.96. The molecule has 0 aromatic heterocycles. The van der Waals surface area contributed by atoms with Gasteiger partial charge in [-0.15, -0.1) is 0 Å². The third-order valence-corrected chi connectivity index (χ3v) is 4.23. The molecular weight excluding hydrogens is 202 g/mol. The normalized spacial score (nSPS) is 32.9. The summed E-state index contributed by atoms with van der Waals surface area (Å²) in [6, 6.07) is 0.808. The van der Waals surface area contributed by atoms with E-state index in [4.69, 9.17) is 11.5 Å². The van der Waals surface area contributed by atoms with Crippen LogP contribution in [0.1, 0.15) is 39.0 Å². The number of carbonyl (C=O) groups is 1. The monoisotopic (exact) mass is 225 g/mol. The van der Waals surface area contributed by atoms with Crippen LogP contribution in [0, 0.1) is 5.92 Å². The van der Waals surface area contributed by atoms with Gasteiger partial charge in [0.25, 0.3) is 0 Å². The first-order valence-electron chi connectivity index (χ1n) is 6.32. The largest absolute Gasteiger partial charge is 0.368 e. The average Bonchev–Trinajstić information content (AvgIpc) is 2.78. The van der Waals surface area contributed by atoms with E-state index in [2.05, 4.69) is 4.90 Å². The highest BCUT2D eigenvalue weighted by atomic mass is 16.1. The standard InChI is InChI=1S/C12H23N3O/c1-12(14,11(13)16)5-2-6-15-8-9-3-4-10(15)7-9/h9-10H,2-8,14H2,1H3,(H2,13,16). The van der Waals surface area contributed by atoms with E-state index in [0.29, 0.717) is 6.42 Å². The predicted molar refractivity (Wildman–Crippen MR) is 63.7 cm³/mol. The molecule has 0 aromatic rings. The highest BCUT2D eigenvalue weighted by Gasteiger charge is 2.37. The molecule has 0 aromatic carbocycles. The Kier molecular flexibility index (Phi) is 3.22. The summed E-state index contributed by atoms with van der Waals surface area (Å²) in [4.78, 5) is 13.6. The van der Waals surface area contributed by atoms with E-state index in [1.54, 1.807) is 6.92 Å². The molecule has 3 atom stereocenters. The first kappa shape index (κ1) is 11.9. The first-order valence-corrected chi connectivity index (χ1v) is 6.32. The molecule has 0 radical (unpaired) electrons. The summed E-state index contributed by atoms with van der Waals surface area (Å²) in [5, 5.41) is 0. The van der Waals surface area contributed by atoms with E-state index in [9.17, 15) is 4.79 Å². The summed E-state index contributed by atoms with van der Waals surface area (Å²) in [5.74, 6) is 0.542. The zero-order valence-corrected chi connectivity index (χ0v) is 10.1. The SMILES string of the molecule is CC(N)(CCCN1CC2CCC1C2)C(N)=O. The van der Waals surface area contributed by atoms with Crippen LogP contribution in [0.3, 0.4) is 0 Å². The molecule has 1 saturated carbocycles. The summed E-state index contributed by atoms with van der Waals surface area (Å²) < 4.78 is 0. The van der Waals surface area contributed by atoms with Gasteiger partial charge in [-0.3, -0.25) is 4.79 Å². The molecule has 92 valence electrons. The van der Waals surface area contributed by atoms with Crippen LogP contribution in [0.5, 0.6) is 0 Å². The van der Waals surface area contributed by atoms with Gasteiger partial charge in [0.15, 0.2) is 0 Å². The van der Waals surface area contributed by atoms with Crippen molar-refractivity contribution in [2.75, 3.05) is 13.1 Å². The van der Waals surface area contributed by atoms with E-state index < -0.39 is 11.4 Å². The zero-order chi connectivity index (χ0) is 11.8. The molecule has 0 spiro atoms. The Bertz CT molecular complexity index is 277. The summed E-state index contributed by atoms with van der Waals surface area (Å²) in [6.45, 7) is 4.05. The molecule has 1 amide bonds. The molecule has 3 unspecified atom stereocenters. The fourth-order valence-electron chi connectivity index (χ4n) is 3.07. The van der Waals surface area contributed by atoms with Crippen molar-refractivity contribution in [2.45, 2.75) is 50.6 Å². The van der Waals surface area contributed by atoms with E-state index in [0.717, 1.165) is 24.9 Å². The Hall–Kier alpha value is -0.610. The quantitative estimate of drug-likeness (QED) is 0.713. The Morgan fingerprint density at radius 3 is 2.75 bits per heavy atom. The van der Waals surface area contributed by atoms with Crippen LogP contribution in [0.4, 0.5) is 0 Å². The van der Waals surface area contributed by atoms with Crippen molar-refractivity contribution in [1.29, 1.82) is 0 Å². The summed E-state index contributed by atoms with van der Waals surface area (Å²) in [5.41, 5.74) is 10.2. The number of likely N-dealkylation sites (tertiary alicyclic amines) is 1. The molecule has 2 bridgehead atoms. The van der Waals surface area contributed by atoms with Gasteiger partial charge < -0.3 is 16.4 Å². The van der Waals surface area contributed by atoms with Crippen LogP contribution in [0.25, 0.3) is 0 Å². The lowest BCUT2D eigenvalue weighted by Gasteiger charge is -2.28. The van der Waals surface area contributed by atoms with Crippen LogP contribution in [0.15, 0.2) is 0 Å². The molecule has 16 heavy (non-hydrogen) atoms. The van der Waals surface area contributed by atoms with Crippen LogP contribution < -0.4 is 11.5 Å². The maximum atomic E-state index is 11.1. The fourth-order valence-corrected chi connectivity index (χ4v) is 3.07. The van der Waals surface area contributed by atoms with E-state index in [1.807, 2.05) is 0 Å². The number of primary amides is 1. The molecule has 1 aliphatic carbocycles. The third-order valence-electron chi connectivity index (χ3n) is 4.23. The number of piperidine rings is 1. The van der Waals surface area contributed by atoms with Crippen LogP contribution in [-0.4, -0.2) is 35.5 Å². The third kappa shape index (κ3) is 2.38. The Labute approximate surface area is 97.3 Å². The van der Waals surface area contributed by atoms with E-state index >= 15 is 0 Å². The fraction of sp³-hybridized carbons (Fsp3) is 0.917. The summed E-state index contributed by atoms with van der Waals surface area (Å²) >= 11 is 0. The number of rotatable bonds is 5. The molecule has 4 N–H and O–H groups in total. The topological polar surface area (TPSA) is 72.3 Å². The first-order chi connectivity index (χ1) is 7.49. The Morgan fingerprint density at radius 1 is 1.50 bits per heavy atom. The van der Waals surface area contributed by atoms with Gasteiger partial charge in [0.2, 0.25) is 5.91 Å². The van der Waals surface area contributed by atoms with Gasteiger partial charge in [0.1, 0.15) is 0 Å². The number of nitrogens with two attached hydrogens (primary N) is 2. The molecule has 4 nitrogen and oxygen atoms in total. The Morgan fingerprint density at radius 2 is 2.25 bits per heavy atom. The average molecular weight is 225 g/mol.